The fraction of sp³-hybridized carbons (Fsp3) is 0.538. The number of nitrogens with zero attached hydrogens (tertiary/aromatic N) is 1. The quantitative estimate of drug-likeness (QED) is 0.752. The van der Waals surface area contributed by atoms with E-state index in [1.165, 1.54) is 5.56 Å². The predicted octanol–water partition coefficient (Wildman–Crippen LogP) is 2.51. The number of alkyl halides is 1. The third-order valence-corrected chi connectivity index (χ3v) is 3.38. The van der Waals surface area contributed by atoms with Gasteiger partial charge in [0.05, 0.1) is 12.7 Å². The van der Waals surface area contributed by atoms with Crippen LogP contribution in [-0.2, 0) is 11.3 Å². The van der Waals surface area contributed by atoms with Crippen molar-refractivity contribution in [3.05, 3.63) is 35.9 Å². The van der Waals surface area contributed by atoms with Crippen molar-refractivity contribution in [3.8, 4) is 0 Å². The Hall–Kier alpha value is -0.570. The monoisotopic (exact) mass is 239 g/mol. The lowest BCUT2D eigenvalue weighted by Crippen LogP contribution is -2.48. The zero-order chi connectivity index (χ0) is 11.4. The molecule has 0 radical (unpaired) electrons. The minimum absolute atomic E-state index is 0.182. The third kappa shape index (κ3) is 2.97. The van der Waals surface area contributed by atoms with E-state index < -0.39 is 0 Å². The molecule has 0 N–H and O–H groups in total. The van der Waals surface area contributed by atoms with Gasteiger partial charge in [-0.1, -0.05) is 30.3 Å². The molecule has 88 valence electrons. The van der Waals surface area contributed by atoms with E-state index in [-0.39, 0.29) is 6.10 Å². The van der Waals surface area contributed by atoms with Gasteiger partial charge in [0.15, 0.2) is 0 Å². The standard InChI is InChI=1S/C13H18ClNO/c1-11-10-16-13(7-14)9-15(11)8-12-5-3-2-4-6-12/h2-6,11,13H,7-10H2,1H3/t11-,13-/m0/s1. The maximum atomic E-state index is 5.84. The minimum atomic E-state index is 0.182. The average molecular weight is 240 g/mol. The number of hydrogen-bond donors (Lipinski definition) is 0. The highest BCUT2D eigenvalue weighted by Crippen LogP contribution is 2.16. The Morgan fingerprint density at radius 3 is 2.81 bits per heavy atom. The molecule has 1 aliphatic heterocycles. The topological polar surface area (TPSA) is 12.5 Å². The van der Waals surface area contributed by atoms with E-state index >= 15 is 0 Å². The van der Waals surface area contributed by atoms with Gasteiger partial charge >= 0.3 is 0 Å². The third-order valence-electron chi connectivity index (χ3n) is 3.04. The lowest BCUT2D eigenvalue weighted by molar-refractivity contribution is -0.0510. The van der Waals surface area contributed by atoms with Crippen LogP contribution in [0, 0.1) is 0 Å². The molecule has 0 saturated carbocycles. The maximum absolute atomic E-state index is 5.84. The van der Waals surface area contributed by atoms with Crippen molar-refractivity contribution >= 4 is 11.6 Å². The van der Waals surface area contributed by atoms with Crippen molar-refractivity contribution in [2.45, 2.75) is 25.6 Å². The SMILES string of the molecule is C[C@H]1CO[C@@H](CCl)CN1Cc1ccccc1. The molecular weight excluding hydrogens is 222 g/mol. The van der Waals surface area contributed by atoms with Crippen LogP contribution in [0.15, 0.2) is 30.3 Å². The van der Waals surface area contributed by atoms with Crippen LogP contribution in [0.1, 0.15) is 12.5 Å². The van der Waals surface area contributed by atoms with Crippen LogP contribution in [0.5, 0.6) is 0 Å². The first kappa shape index (κ1) is 11.9. The summed E-state index contributed by atoms with van der Waals surface area (Å²) >= 11 is 5.84. The fourth-order valence-corrected chi connectivity index (χ4v) is 2.19. The summed E-state index contributed by atoms with van der Waals surface area (Å²) < 4.78 is 5.63. The van der Waals surface area contributed by atoms with Gasteiger partial charge in [0.1, 0.15) is 0 Å². The molecule has 0 aliphatic carbocycles. The first-order valence-electron chi connectivity index (χ1n) is 5.75. The Balaban J connectivity index is 1.97. The molecule has 1 fully saturated rings. The molecule has 3 heteroatoms. The molecule has 0 unspecified atom stereocenters. The Kier molecular flexibility index (Phi) is 4.22. The van der Waals surface area contributed by atoms with Crippen LogP contribution in [-0.4, -0.2) is 36.1 Å². The van der Waals surface area contributed by atoms with E-state index in [1.54, 1.807) is 0 Å². The summed E-state index contributed by atoms with van der Waals surface area (Å²) in [7, 11) is 0. The van der Waals surface area contributed by atoms with Crippen molar-refractivity contribution in [3.63, 3.8) is 0 Å². The Bertz CT molecular complexity index is 317. The highest BCUT2D eigenvalue weighted by atomic mass is 35.5. The summed E-state index contributed by atoms with van der Waals surface area (Å²) in [6, 6.07) is 11.0. The van der Waals surface area contributed by atoms with Crippen molar-refractivity contribution in [1.29, 1.82) is 0 Å². The van der Waals surface area contributed by atoms with Gasteiger partial charge in [-0.2, -0.15) is 0 Å². The molecule has 1 saturated heterocycles. The van der Waals surface area contributed by atoms with Crippen molar-refractivity contribution in [1.82, 2.24) is 4.90 Å². The van der Waals surface area contributed by atoms with Crippen LogP contribution in [0.2, 0.25) is 0 Å². The van der Waals surface area contributed by atoms with Crippen LogP contribution in [0.25, 0.3) is 0 Å². The van der Waals surface area contributed by atoms with Gasteiger partial charge in [-0.3, -0.25) is 4.90 Å². The summed E-state index contributed by atoms with van der Waals surface area (Å²) in [6.45, 7) is 4.90. The first-order valence-corrected chi connectivity index (χ1v) is 6.28. The van der Waals surface area contributed by atoms with Gasteiger partial charge in [0.2, 0.25) is 0 Å². The number of hydrogen-bond acceptors (Lipinski definition) is 2. The van der Waals surface area contributed by atoms with Crippen molar-refractivity contribution in [2.24, 2.45) is 0 Å². The second kappa shape index (κ2) is 5.67. The molecule has 1 aromatic carbocycles. The number of rotatable bonds is 3. The Labute approximate surface area is 102 Å². The molecule has 2 nitrogen and oxygen atoms in total. The van der Waals surface area contributed by atoms with Gasteiger partial charge in [-0.25, -0.2) is 0 Å². The van der Waals surface area contributed by atoms with Gasteiger partial charge in [-0.05, 0) is 12.5 Å². The van der Waals surface area contributed by atoms with Crippen LogP contribution >= 0.6 is 11.6 Å². The first-order chi connectivity index (χ1) is 7.79. The maximum Gasteiger partial charge on any atom is 0.0838 e. The lowest BCUT2D eigenvalue weighted by Gasteiger charge is -2.37. The summed E-state index contributed by atoms with van der Waals surface area (Å²) in [4.78, 5) is 2.44. The van der Waals surface area contributed by atoms with Crippen molar-refractivity contribution < 1.29 is 4.74 Å². The van der Waals surface area contributed by atoms with Crippen LogP contribution in [0.3, 0.4) is 0 Å². The number of benzene rings is 1. The van der Waals surface area contributed by atoms with Gasteiger partial charge in [-0.15, -0.1) is 11.6 Å². The molecule has 1 aromatic rings. The normalized spacial score (nSPS) is 26.9. The zero-order valence-corrected chi connectivity index (χ0v) is 10.4. The minimum Gasteiger partial charge on any atom is -0.374 e. The van der Waals surface area contributed by atoms with E-state index in [0.717, 1.165) is 19.7 Å². The molecule has 1 aliphatic rings. The van der Waals surface area contributed by atoms with E-state index in [4.69, 9.17) is 16.3 Å². The van der Waals surface area contributed by atoms with Crippen LogP contribution < -0.4 is 0 Å². The molecular formula is C13H18ClNO. The molecule has 2 rings (SSSR count). The number of halogens is 1. The average Bonchev–Trinajstić information content (AvgIpc) is 2.33. The zero-order valence-electron chi connectivity index (χ0n) is 9.60. The smallest absolute Gasteiger partial charge is 0.0838 e. The van der Waals surface area contributed by atoms with Gasteiger partial charge in [0.25, 0.3) is 0 Å². The van der Waals surface area contributed by atoms with E-state index in [0.29, 0.717) is 11.9 Å². The van der Waals surface area contributed by atoms with Gasteiger partial charge < -0.3 is 4.74 Å². The largest absolute Gasteiger partial charge is 0.374 e. The second-order valence-corrected chi connectivity index (χ2v) is 4.68. The number of morpholine rings is 1. The molecule has 0 bridgehead atoms. The van der Waals surface area contributed by atoms with E-state index in [2.05, 4.69) is 36.1 Å². The predicted molar refractivity (Wildman–Crippen MR) is 66.8 cm³/mol. The molecule has 0 amide bonds. The fourth-order valence-electron chi connectivity index (χ4n) is 2.01. The Morgan fingerprint density at radius 1 is 1.38 bits per heavy atom. The summed E-state index contributed by atoms with van der Waals surface area (Å²) in [6.07, 6.45) is 0.182. The highest BCUT2D eigenvalue weighted by molar-refractivity contribution is 6.18. The van der Waals surface area contributed by atoms with Crippen LogP contribution in [0.4, 0.5) is 0 Å². The summed E-state index contributed by atoms with van der Waals surface area (Å²) in [5, 5.41) is 0. The Morgan fingerprint density at radius 2 is 2.12 bits per heavy atom. The second-order valence-electron chi connectivity index (χ2n) is 4.37. The van der Waals surface area contributed by atoms with E-state index in [1.807, 2.05) is 6.07 Å². The molecule has 2 atom stereocenters. The molecule has 0 aromatic heterocycles. The summed E-state index contributed by atoms with van der Waals surface area (Å²) in [5.74, 6) is 0.581. The lowest BCUT2D eigenvalue weighted by atomic mass is 10.1. The number of ether oxygens (including phenoxy) is 1. The molecule has 0 spiro atoms. The summed E-state index contributed by atoms with van der Waals surface area (Å²) in [5.41, 5.74) is 1.35. The van der Waals surface area contributed by atoms with Crippen molar-refractivity contribution in [2.75, 3.05) is 19.0 Å². The highest BCUT2D eigenvalue weighted by Gasteiger charge is 2.25. The molecule has 1 heterocycles. The molecule has 16 heavy (non-hydrogen) atoms. The van der Waals surface area contributed by atoms with E-state index in [9.17, 15) is 0 Å². The van der Waals surface area contributed by atoms with Gasteiger partial charge in [0, 0.05) is 25.0 Å².